The number of amides is 4. The van der Waals surface area contributed by atoms with Crippen molar-refractivity contribution in [2.45, 2.75) is 38.5 Å². The number of rotatable bonds is 2. The molecule has 0 aromatic heterocycles. The number of carbonyl (C=O) groups is 4. The Labute approximate surface area is 174 Å². The highest BCUT2D eigenvalue weighted by Gasteiger charge is 2.62. The summed E-state index contributed by atoms with van der Waals surface area (Å²) in [6.45, 7) is 0. The van der Waals surface area contributed by atoms with Gasteiger partial charge in [-0.1, -0.05) is 0 Å². The molecule has 6 fully saturated rings. The number of hydrogen-bond donors (Lipinski definition) is 0. The van der Waals surface area contributed by atoms with Crippen LogP contribution in [0, 0.1) is 47.3 Å². The lowest BCUT2D eigenvalue weighted by Gasteiger charge is -2.20. The predicted octanol–water partition coefficient (Wildman–Crippen LogP) is 2.76. The van der Waals surface area contributed by atoms with Crippen molar-refractivity contribution < 1.29 is 19.2 Å². The largest absolute Gasteiger partial charge is 0.274 e. The van der Waals surface area contributed by atoms with Crippen molar-refractivity contribution in [1.29, 1.82) is 0 Å². The molecule has 4 aliphatic carbocycles. The zero-order valence-corrected chi connectivity index (χ0v) is 16.7. The van der Waals surface area contributed by atoms with Crippen LogP contribution in [0.4, 0.5) is 11.4 Å². The van der Waals surface area contributed by atoms with E-state index in [1.165, 1.54) is 9.80 Å². The van der Waals surface area contributed by atoms with E-state index in [0.29, 0.717) is 35.0 Å². The number of imide groups is 2. The standard InChI is InChI=1S/C24H24N2O4/c27-21-17-11-1-2-12(9-11)18(17)22(28)25(21)15-5-7-16(8-6-15)26-23(29)19-13-3-4-14(10-13)20(19)24(26)30/h5-8,11-14,17-20H,1-4,9-10H2/t11-,12-,13-,14-,17-,18+,19+,20+/m0/s1. The number of anilines is 2. The Bertz CT molecular complexity index is 880. The first kappa shape index (κ1) is 17.2. The van der Waals surface area contributed by atoms with E-state index < -0.39 is 0 Å². The smallest absolute Gasteiger partial charge is 0.237 e. The highest BCUT2D eigenvalue weighted by molar-refractivity contribution is 6.24. The summed E-state index contributed by atoms with van der Waals surface area (Å²) in [5, 5.41) is 0. The molecule has 0 unspecified atom stereocenters. The van der Waals surface area contributed by atoms with Gasteiger partial charge in [-0.2, -0.15) is 0 Å². The van der Waals surface area contributed by atoms with Crippen molar-refractivity contribution in [3.05, 3.63) is 24.3 Å². The maximum absolute atomic E-state index is 13.0. The lowest BCUT2D eigenvalue weighted by atomic mass is 9.81. The molecule has 30 heavy (non-hydrogen) atoms. The second-order valence-corrected chi connectivity index (χ2v) is 10.3. The van der Waals surface area contributed by atoms with Crippen molar-refractivity contribution in [3.8, 4) is 0 Å². The topological polar surface area (TPSA) is 74.8 Å². The lowest BCUT2D eigenvalue weighted by Crippen LogP contribution is -2.34. The number of carbonyl (C=O) groups excluding carboxylic acids is 4. The molecule has 6 aliphatic rings. The van der Waals surface area contributed by atoms with Gasteiger partial charge in [0.05, 0.1) is 35.0 Å². The molecule has 154 valence electrons. The average Bonchev–Trinajstić information content (AvgIpc) is 3.56. The summed E-state index contributed by atoms with van der Waals surface area (Å²) in [6.07, 6.45) is 6.26. The monoisotopic (exact) mass is 404 g/mol. The summed E-state index contributed by atoms with van der Waals surface area (Å²) in [5.74, 6) is 0.582. The Morgan fingerprint density at radius 2 is 0.767 bits per heavy atom. The molecular formula is C24H24N2O4. The molecule has 0 spiro atoms. The van der Waals surface area contributed by atoms with E-state index >= 15 is 0 Å². The number of benzene rings is 1. The van der Waals surface area contributed by atoms with Gasteiger partial charge >= 0.3 is 0 Å². The summed E-state index contributed by atoms with van der Waals surface area (Å²) < 4.78 is 0. The first-order chi connectivity index (χ1) is 14.5. The van der Waals surface area contributed by atoms with E-state index in [1.807, 2.05) is 0 Å². The lowest BCUT2D eigenvalue weighted by molar-refractivity contribution is -0.124. The molecule has 6 heteroatoms. The van der Waals surface area contributed by atoms with Gasteiger partial charge in [0.25, 0.3) is 0 Å². The Balaban J connectivity index is 1.18. The number of nitrogens with zero attached hydrogens (tertiary/aromatic N) is 2. The van der Waals surface area contributed by atoms with Crippen molar-refractivity contribution in [2.75, 3.05) is 9.80 Å². The minimum Gasteiger partial charge on any atom is -0.274 e. The average molecular weight is 404 g/mol. The minimum atomic E-state index is -0.146. The molecule has 2 saturated heterocycles. The molecule has 4 bridgehead atoms. The maximum Gasteiger partial charge on any atom is 0.237 e. The fourth-order valence-electron chi connectivity index (χ4n) is 8.08. The Morgan fingerprint density at radius 1 is 0.500 bits per heavy atom. The number of fused-ring (bicyclic) bond motifs is 10. The molecule has 4 amide bonds. The molecular weight excluding hydrogens is 380 g/mol. The summed E-state index contributed by atoms with van der Waals surface area (Å²) in [7, 11) is 0. The van der Waals surface area contributed by atoms with Crippen molar-refractivity contribution in [3.63, 3.8) is 0 Å². The van der Waals surface area contributed by atoms with Crippen LogP contribution in [0.1, 0.15) is 38.5 Å². The second-order valence-electron chi connectivity index (χ2n) is 10.3. The van der Waals surface area contributed by atoms with Gasteiger partial charge in [-0.25, -0.2) is 0 Å². The van der Waals surface area contributed by atoms with Gasteiger partial charge in [0.2, 0.25) is 23.6 Å². The number of hydrogen-bond acceptors (Lipinski definition) is 4. The maximum atomic E-state index is 13.0. The van der Waals surface area contributed by atoms with Crippen LogP contribution in [0.3, 0.4) is 0 Å². The van der Waals surface area contributed by atoms with Crippen LogP contribution in [-0.4, -0.2) is 23.6 Å². The summed E-state index contributed by atoms with van der Waals surface area (Å²) in [6, 6.07) is 6.88. The molecule has 1 aromatic rings. The first-order valence-electron chi connectivity index (χ1n) is 11.4. The minimum absolute atomic E-state index is 0.0654. The summed E-state index contributed by atoms with van der Waals surface area (Å²) >= 11 is 0. The van der Waals surface area contributed by atoms with E-state index in [4.69, 9.17) is 0 Å². The second kappa shape index (κ2) is 5.59. The quantitative estimate of drug-likeness (QED) is 0.711. The van der Waals surface area contributed by atoms with Gasteiger partial charge in [-0.15, -0.1) is 0 Å². The fraction of sp³-hybridized carbons (Fsp3) is 0.583. The molecule has 8 atom stereocenters. The van der Waals surface area contributed by atoms with Crippen LogP contribution in [0.25, 0.3) is 0 Å². The first-order valence-corrected chi connectivity index (χ1v) is 11.4. The summed E-state index contributed by atoms with van der Waals surface area (Å²) in [5.41, 5.74) is 1.11. The van der Waals surface area contributed by atoms with Gasteiger partial charge in [0.15, 0.2) is 0 Å². The van der Waals surface area contributed by atoms with Gasteiger partial charge < -0.3 is 0 Å². The van der Waals surface area contributed by atoms with E-state index in [1.54, 1.807) is 24.3 Å². The Hall–Kier alpha value is -2.50. The third-order valence-electron chi connectivity index (χ3n) is 9.22. The molecule has 2 aliphatic heterocycles. The molecule has 2 heterocycles. The molecule has 4 saturated carbocycles. The molecule has 0 radical (unpaired) electrons. The fourth-order valence-corrected chi connectivity index (χ4v) is 8.08. The molecule has 7 rings (SSSR count). The third-order valence-corrected chi connectivity index (χ3v) is 9.22. The van der Waals surface area contributed by atoms with Crippen LogP contribution >= 0.6 is 0 Å². The molecule has 1 aromatic carbocycles. The molecule has 0 N–H and O–H groups in total. The SMILES string of the molecule is O=C1[C@@H]2[C@H]3CC[C@@H](C3)[C@H]2C(=O)N1c1ccc(N2C(=O)[C@@H]3[C@H]4CC[C@@H](C4)[C@@H]3C2=O)cc1. The van der Waals surface area contributed by atoms with Crippen LogP contribution in [0.5, 0.6) is 0 Å². The van der Waals surface area contributed by atoms with Gasteiger partial charge in [0, 0.05) is 0 Å². The van der Waals surface area contributed by atoms with Crippen molar-refractivity contribution in [1.82, 2.24) is 0 Å². The normalized spacial score (nSPS) is 43.3. The highest BCUT2D eigenvalue weighted by Crippen LogP contribution is 2.58. The van der Waals surface area contributed by atoms with Crippen LogP contribution in [0.15, 0.2) is 24.3 Å². The Kier molecular flexibility index (Phi) is 3.21. The van der Waals surface area contributed by atoms with E-state index in [2.05, 4.69) is 0 Å². The van der Waals surface area contributed by atoms with E-state index in [0.717, 1.165) is 38.5 Å². The van der Waals surface area contributed by atoms with Crippen LogP contribution < -0.4 is 9.80 Å². The predicted molar refractivity (Wildman–Crippen MR) is 107 cm³/mol. The Morgan fingerprint density at radius 3 is 1.03 bits per heavy atom. The van der Waals surface area contributed by atoms with Crippen molar-refractivity contribution >= 4 is 35.0 Å². The zero-order valence-electron chi connectivity index (χ0n) is 16.7. The summed E-state index contributed by atoms with van der Waals surface area (Å²) in [4.78, 5) is 54.8. The van der Waals surface area contributed by atoms with E-state index in [9.17, 15) is 19.2 Å². The third kappa shape index (κ3) is 1.91. The highest BCUT2D eigenvalue weighted by atomic mass is 16.2. The molecule has 6 nitrogen and oxygen atoms in total. The van der Waals surface area contributed by atoms with Gasteiger partial charge in [0.1, 0.15) is 0 Å². The van der Waals surface area contributed by atoms with Crippen LogP contribution in [-0.2, 0) is 19.2 Å². The van der Waals surface area contributed by atoms with Crippen molar-refractivity contribution in [2.24, 2.45) is 47.3 Å². The van der Waals surface area contributed by atoms with Gasteiger partial charge in [-0.05, 0) is 86.5 Å². The van der Waals surface area contributed by atoms with Crippen LogP contribution in [0.2, 0.25) is 0 Å². The zero-order chi connectivity index (χ0) is 20.3. The van der Waals surface area contributed by atoms with Gasteiger partial charge in [-0.3, -0.25) is 29.0 Å². The van der Waals surface area contributed by atoms with E-state index in [-0.39, 0.29) is 47.3 Å².